The lowest BCUT2D eigenvalue weighted by Gasteiger charge is -2.10. The maximum Gasteiger partial charge on any atom is 0.241 e. The number of hydrogen-bond donors (Lipinski definition) is 2. The Morgan fingerprint density at radius 1 is 1.29 bits per heavy atom. The molecule has 1 aromatic carbocycles. The van der Waals surface area contributed by atoms with E-state index in [4.69, 9.17) is 5.11 Å². The van der Waals surface area contributed by atoms with E-state index < -0.39 is 10.0 Å². The minimum atomic E-state index is -3.54. The Hall–Kier alpha value is -1.50. The van der Waals surface area contributed by atoms with Gasteiger partial charge in [-0.25, -0.2) is 13.1 Å². The van der Waals surface area contributed by atoms with Crippen LogP contribution in [0.15, 0.2) is 41.4 Å². The van der Waals surface area contributed by atoms with E-state index in [1.807, 2.05) is 6.92 Å². The van der Waals surface area contributed by atoms with Crippen molar-refractivity contribution in [2.45, 2.75) is 24.7 Å². The fourth-order valence-electron chi connectivity index (χ4n) is 2.14. The van der Waals surface area contributed by atoms with Crippen LogP contribution >= 0.6 is 0 Å². The third-order valence-electron chi connectivity index (χ3n) is 3.37. The summed E-state index contributed by atoms with van der Waals surface area (Å²) in [5, 5.41) is 9.57. The summed E-state index contributed by atoms with van der Waals surface area (Å²) >= 11 is 0. The number of rotatable bonds is 7. The van der Waals surface area contributed by atoms with Gasteiger partial charge in [0.1, 0.15) is 0 Å². The number of pyridine rings is 1. The molecule has 1 unspecified atom stereocenters. The summed E-state index contributed by atoms with van der Waals surface area (Å²) in [6.07, 6.45) is 3.13. The van der Waals surface area contributed by atoms with E-state index in [-0.39, 0.29) is 17.4 Å². The van der Waals surface area contributed by atoms with E-state index in [1.54, 1.807) is 36.5 Å². The molecule has 2 aromatic rings. The summed E-state index contributed by atoms with van der Waals surface area (Å²) < 4.78 is 27.4. The maximum atomic E-state index is 12.4. The predicted molar refractivity (Wildman–Crippen MR) is 82.4 cm³/mol. The first-order valence-electron chi connectivity index (χ1n) is 6.99. The van der Waals surface area contributed by atoms with E-state index in [0.717, 1.165) is 6.42 Å². The average molecular weight is 308 g/mol. The molecule has 6 heteroatoms. The lowest BCUT2D eigenvalue weighted by molar-refractivity contribution is 0.228. The molecule has 0 saturated heterocycles. The molecule has 0 radical (unpaired) electrons. The highest BCUT2D eigenvalue weighted by atomic mass is 32.2. The number of fused-ring (bicyclic) bond motifs is 1. The second kappa shape index (κ2) is 6.98. The molecule has 21 heavy (non-hydrogen) atoms. The number of aliphatic hydroxyl groups is 1. The third kappa shape index (κ3) is 4.00. The molecule has 2 N–H and O–H groups in total. The Labute approximate surface area is 125 Å². The molecule has 0 aliphatic carbocycles. The van der Waals surface area contributed by atoms with Gasteiger partial charge < -0.3 is 5.11 Å². The van der Waals surface area contributed by atoms with Gasteiger partial charge in [-0.15, -0.1) is 0 Å². The van der Waals surface area contributed by atoms with Crippen LogP contribution in [-0.2, 0) is 10.0 Å². The number of aromatic nitrogens is 1. The Morgan fingerprint density at radius 2 is 2.10 bits per heavy atom. The van der Waals surface area contributed by atoms with Crippen LogP contribution in [-0.4, -0.2) is 31.7 Å². The molecule has 2 rings (SSSR count). The van der Waals surface area contributed by atoms with Crippen molar-refractivity contribution in [2.24, 2.45) is 5.92 Å². The van der Waals surface area contributed by atoms with E-state index >= 15 is 0 Å². The second-order valence-electron chi connectivity index (χ2n) is 5.15. The Morgan fingerprint density at radius 3 is 2.86 bits per heavy atom. The quantitative estimate of drug-likeness (QED) is 0.766. The maximum absolute atomic E-state index is 12.4. The minimum Gasteiger partial charge on any atom is -0.396 e. The third-order valence-corrected chi connectivity index (χ3v) is 4.89. The van der Waals surface area contributed by atoms with Crippen molar-refractivity contribution in [1.82, 2.24) is 9.71 Å². The molecule has 0 bridgehead atoms. The van der Waals surface area contributed by atoms with Gasteiger partial charge in [0, 0.05) is 24.7 Å². The number of aliphatic hydroxyl groups excluding tert-OH is 1. The molecule has 114 valence electrons. The van der Waals surface area contributed by atoms with Crippen molar-refractivity contribution in [3.63, 3.8) is 0 Å². The van der Waals surface area contributed by atoms with Gasteiger partial charge in [0.15, 0.2) is 0 Å². The number of nitrogens with zero attached hydrogens (tertiary/aromatic N) is 1. The van der Waals surface area contributed by atoms with E-state index in [9.17, 15) is 8.42 Å². The zero-order valence-corrected chi connectivity index (χ0v) is 12.8. The van der Waals surface area contributed by atoms with Crippen molar-refractivity contribution in [3.8, 4) is 0 Å². The van der Waals surface area contributed by atoms with Crippen LogP contribution in [0, 0.1) is 5.92 Å². The van der Waals surface area contributed by atoms with Gasteiger partial charge in [-0.3, -0.25) is 4.98 Å². The molecule has 0 spiro atoms. The summed E-state index contributed by atoms with van der Waals surface area (Å²) in [6.45, 7) is 2.43. The van der Waals surface area contributed by atoms with Crippen molar-refractivity contribution in [1.29, 1.82) is 0 Å². The lowest BCUT2D eigenvalue weighted by atomic mass is 10.1. The van der Waals surface area contributed by atoms with Crippen LogP contribution in [0.5, 0.6) is 0 Å². The van der Waals surface area contributed by atoms with Crippen LogP contribution in [0.4, 0.5) is 0 Å². The zero-order chi connectivity index (χ0) is 15.3. The van der Waals surface area contributed by atoms with Gasteiger partial charge in [-0.1, -0.05) is 13.0 Å². The predicted octanol–water partition coefficient (Wildman–Crippen LogP) is 1.92. The largest absolute Gasteiger partial charge is 0.396 e. The second-order valence-corrected chi connectivity index (χ2v) is 6.89. The molecule has 5 nitrogen and oxygen atoms in total. The Kier molecular flexibility index (Phi) is 5.27. The smallest absolute Gasteiger partial charge is 0.241 e. The summed E-state index contributed by atoms with van der Waals surface area (Å²) in [4.78, 5) is 4.42. The highest BCUT2D eigenvalue weighted by Crippen LogP contribution is 2.20. The number of sulfonamides is 1. The molecule has 0 aliphatic heterocycles. The topological polar surface area (TPSA) is 79.3 Å². The molecular weight excluding hydrogens is 288 g/mol. The van der Waals surface area contributed by atoms with Crippen molar-refractivity contribution in [2.75, 3.05) is 13.2 Å². The van der Waals surface area contributed by atoms with Gasteiger partial charge in [0.2, 0.25) is 10.0 Å². The van der Waals surface area contributed by atoms with Crippen LogP contribution < -0.4 is 4.72 Å². The van der Waals surface area contributed by atoms with Crippen LogP contribution in [0.1, 0.15) is 19.8 Å². The molecular formula is C15H20N2O3S. The fraction of sp³-hybridized carbons (Fsp3) is 0.400. The summed E-state index contributed by atoms with van der Waals surface area (Å²) in [6, 6.07) is 8.55. The number of benzene rings is 1. The first kappa shape index (κ1) is 15.9. The van der Waals surface area contributed by atoms with Crippen LogP contribution in [0.3, 0.4) is 0 Å². The van der Waals surface area contributed by atoms with Gasteiger partial charge in [0.05, 0.1) is 10.4 Å². The van der Waals surface area contributed by atoms with E-state index in [2.05, 4.69) is 9.71 Å². The fourth-order valence-corrected chi connectivity index (χ4v) is 3.42. The monoisotopic (exact) mass is 308 g/mol. The van der Waals surface area contributed by atoms with Crippen molar-refractivity contribution >= 4 is 20.9 Å². The molecule has 0 amide bonds. The summed E-state index contributed by atoms with van der Waals surface area (Å²) in [5.74, 6) is 0.191. The molecule has 0 fully saturated rings. The van der Waals surface area contributed by atoms with Crippen molar-refractivity contribution in [3.05, 3.63) is 36.5 Å². The standard InChI is InChI=1S/C15H20N2O3S/c1-12(11-18)5-3-10-17-21(19,20)15-8-2-7-14-13(15)6-4-9-16-14/h2,4,6-9,12,17-18H,3,5,10-11H2,1H3. The van der Waals surface area contributed by atoms with Gasteiger partial charge >= 0.3 is 0 Å². The number of hydrogen-bond acceptors (Lipinski definition) is 4. The average Bonchev–Trinajstić information content (AvgIpc) is 2.50. The molecule has 1 aromatic heterocycles. The normalized spacial score (nSPS) is 13.4. The minimum absolute atomic E-state index is 0.127. The van der Waals surface area contributed by atoms with E-state index in [0.29, 0.717) is 23.9 Å². The van der Waals surface area contributed by atoms with Crippen LogP contribution in [0.25, 0.3) is 10.9 Å². The highest BCUT2D eigenvalue weighted by Gasteiger charge is 2.16. The van der Waals surface area contributed by atoms with Gasteiger partial charge in [-0.2, -0.15) is 0 Å². The SMILES string of the molecule is CC(CO)CCCNS(=O)(=O)c1cccc2ncccc12. The van der Waals surface area contributed by atoms with Crippen LogP contribution in [0.2, 0.25) is 0 Å². The first-order valence-corrected chi connectivity index (χ1v) is 8.47. The first-order chi connectivity index (χ1) is 10.0. The number of nitrogens with one attached hydrogen (secondary N) is 1. The van der Waals surface area contributed by atoms with Crippen molar-refractivity contribution < 1.29 is 13.5 Å². The van der Waals surface area contributed by atoms with E-state index in [1.165, 1.54) is 0 Å². The Balaban J connectivity index is 2.11. The summed E-state index contributed by atoms with van der Waals surface area (Å²) in [5.41, 5.74) is 0.661. The lowest BCUT2D eigenvalue weighted by Crippen LogP contribution is -2.25. The van der Waals surface area contributed by atoms with Gasteiger partial charge in [-0.05, 0) is 43.0 Å². The molecule has 1 heterocycles. The summed E-state index contributed by atoms with van der Waals surface area (Å²) in [7, 11) is -3.54. The van der Waals surface area contributed by atoms with Gasteiger partial charge in [0.25, 0.3) is 0 Å². The Bertz CT molecular complexity index is 696. The molecule has 1 atom stereocenters. The highest BCUT2D eigenvalue weighted by molar-refractivity contribution is 7.89. The molecule has 0 saturated carbocycles. The molecule has 0 aliphatic rings. The zero-order valence-electron chi connectivity index (χ0n) is 12.0.